The largest absolute Gasteiger partial charge is 0.411 e. The van der Waals surface area contributed by atoms with Gasteiger partial charge in [-0.15, -0.1) is 11.3 Å². The Morgan fingerprint density at radius 3 is 2.89 bits per heavy atom. The maximum absolute atomic E-state index is 11.8. The van der Waals surface area contributed by atoms with Crippen molar-refractivity contribution >= 4 is 32.9 Å². The van der Waals surface area contributed by atoms with Crippen LogP contribution in [0.2, 0.25) is 0 Å². The molecule has 0 spiro atoms. The first-order valence-corrected chi connectivity index (χ1v) is 6.35. The third-order valence-electron chi connectivity index (χ3n) is 2.37. The van der Waals surface area contributed by atoms with E-state index in [0.717, 1.165) is 4.70 Å². The number of nitrogens with two attached hydrogens (primary N) is 1. The molecule has 0 saturated carbocycles. The number of thiazole rings is 1. The SMILES string of the molecule is Nc1c(NCCOCC(F)(F)F)ccc2scnc12. The summed E-state index contributed by atoms with van der Waals surface area (Å²) in [4.78, 5) is 4.13. The highest BCUT2D eigenvalue weighted by atomic mass is 32.1. The lowest BCUT2D eigenvalue weighted by molar-refractivity contribution is -0.172. The monoisotopic (exact) mass is 291 g/mol. The van der Waals surface area contributed by atoms with Crippen LogP contribution in [0, 0.1) is 0 Å². The van der Waals surface area contributed by atoms with Crippen LogP contribution in [0.15, 0.2) is 17.6 Å². The van der Waals surface area contributed by atoms with Crippen molar-refractivity contribution in [2.24, 2.45) is 0 Å². The average molecular weight is 291 g/mol. The number of hydrogen-bond donors (Lipinski definition) is 2. The molecule has 0 saturated heterocycles. The molecule has 0 fully saturated rings. The Bertz CT molecular complexity index is 556. The molecule has 0 amide bonds. The lowest BCUT2D eigenvalue weighted by Crippen LogP contribution is -2.20. The number of aromatic nitrogens is 1. The highest BCUT2D eigenvalue weighted by molar-refractivity contribution is 7.16. The second-order valence-corrected chi connectivity index (χ2v) is 4.71. The normalized spacial score (nSPS) is 11.9. The molecule has 0 aliphatic carbocycles. The van der Waals surface area contributed by atoms with Gasteiger partial charge < -0.3 is 15.8 Å². The molecule has 0 aliphatic rings. The Morgan fingerprint density at radius 1 is 1.37 bits per heavy atom. The lowest BCUT2D eigenvalue weighted by atomic mass is 10.2. The summed E-state index contributed by atoms with van der Waals surface area (Å²) in [7, 11) is 0. The van der Waals surface area contributed by atoms with Crippen LogP contribution in [0.25, 0.3) is 10.2 Å². The zero-order chi connectivity index (χ0) is 13.9. The second-order valence-electron chi connectivity index (χ2n) is 3.82. The number of nitrogens with one attached hydrogen (secondary N) is 1. The van der Waals surface area contributed by atoms with Crippen molar-refractivity contribution in [3.8, 4) is 0 Å². The number of benzene rings is 1. The zero-order valence-corrected chi connectivity index (χ0v) is 10.6. The summed E-state index contributed by atoms with van der Waals surface area (Å²) in [5.41, 5.74) is 9.44. The predicted octanol–water partition coefficient (Wildman–Crippen LogP) is 2.87. The third kappa shape index (κ3) is 3.71. The van der Waals surface area contributed by atoms with Gasteiger partial charge in [-0.05, 0) is 12.1 Å². The molecule has 0 radical (unpaired) electrons. The maximum Gasteiger partial charge on any atom is 0.411 e. The van der Waals surface area contributed by atoms with Crippen LogP contribution in [0.1, 0.15) is 0 Å². The first-order valence-electron chi connectivity index (χ1n) is 5.47. The van der Waals surface area contributed by atoms with Gasteiger partial charge in [0.25, 0.3) is 0 Å². The molecule has 3 N–H and O–H groups in total. The number of hydrogen-bond acceptors (Lipinski definition) is 5. The fraction of sp³-hybridized carbons (Fsp3) is 0.364. The van der Waals surface area contributed by atoms with E-state index in [1.54, 1.807) is 11.6 Å². The minimum absolute atomic E-state index is 0.0476. The Morgan fingerprint density at radius 2 is 2.16 bits per heavy atom. The first-order chi connectivity index (χ1) is 8.97. The quantitative estimate of drug-likeness (QED) is 0.657. The maximum atomic E-state index is 11.8. The molecular weight excluding hydrogens is 279 g/mol. The van der Waals surface area contributed by atoms with Gasteiger partial charge >= 0.3 is 6.18 Å². The Labute approximate surface area is 111 Å². The number of anilines is 2. The third-order valence-corrected chi connectivity index (χ3v) is 3.16. The summed E-state index contributed by atoms with van der Waals surface area (Å²) in [6, 6.07) is 3.64. The number of ether oxygens (including phenoxy) is 1. The van der Waals surface area contributed by atoms with Gasteiger partial charge in [0.05, 0.1) is 28.2 Å². The molecule has 0 aliphatic heterocycles. The fourth-order valence-corrected chi connectivity index (χ4v) is 2.24. The topological polar surface area (TPSA) is 60.2 Å². The van der Waals surface area contributed by atoms with Crippen molar-refractivity contribution in [1.29, 1.82) is 0 Å². The average Bonchev–Trinajstić information content (AvgIpc) is 2.79. The predicted molar refractivity (Wildman–Crippen MR) is 69.4 cm³/mol. The second kappa shape index (κ2) is 5.62. The van der Waals surface area contributed by atoms with Crippen LogP contribution in [0.3, 0.4) is 0 Å². The van der Waals surface area contributed by atoms with Gasteiger partial charge in [-0.3, -0.25) is 0 Å². The van der Waals surface area contributed by atoms with Crippen LogP contribution in [-0.4, -0.2) is 30.9 Å². The highest BCUT2D eigenvalue weighted by Gasteiger charge is 2.27. The molecule has 2 rings (SSSR count). The van der Waals surface area contributed by atoms with Crippen molar-refractivity contribution in [2.45, 2.75) is 6.18 Å². The fourth-order valence-electron chi connectivity index (χ4n) is 1.55. The molecule has 104 valence electrons. The number of rotatable bonds is 5. The number of nitrogen functional groups attached to an aromatic ring is 1. The van der Waals surface area contributed by atoms with Gasteiger partial charge in [-0.25, -0.2) is 4.98 Å². The Hall–Kier alpha value is -1.54. The van der Waals surface area contributed by atoms with Crippen LogP contribution in [0.5, 0.6) is 0 Å². The molecule has 0 atom stereocenters. The van der Waals surface area contributed by atoms with Gasteiger partial charge in [-0.1, -0.05) is 0 Å². The van der Waals surface area contributed by atoms with E-state index in [-0.39, 0.29) is 13.2 Å². The lowest BCUT2D eigenvalue weighted by Gasteiger charge is -2.11. The van der Waals surface area contributed by atoms with Crippen LogP contribution in [-0.2, 0) is 4.74 Å². The summed E-state index contributed by atoms with van der Waals surface area (Å²) < 4.78 is 41.0. The number of nitrogens with zero attached hydrogens (tertiary/aromatic N) is 1. The van der Waals surface area contributed by atoms with E-state index in [2.05, 4.69) is 15.0 Å². The van der Waals surface area contributed by atoms with Crippen LogP contribution >= 0.6 is 11.3 Å². The summed E-state index contributed by atoms with van der Waals surface area (Å²) in [6.07, 6.45) is -4.29. The van der Waals surface area contributed by atoms with E-state index in [9.17, 15) is 13.2 Å². The van der Waals surface area contributed by atoms with Gasteiger partial charge in [0, 0.05) is 6.54 Å². The summed E-state index contributed by atoms with van der Waals surface area (Å²) in [5, 5.41) is 2.93. The van der Waals surface area contributed by atoms with E-state index in [1.807, 2.05) is 6.07 Å². The van der Waals surface area contributed by atoms with Crippen molar-refractivity contribution in [1.82, 2.24) is 4.98 Å². The molecule has 8 heteroatoms. The first kappa shape index (κ1) is 13.9. The molecule has 0 bridgehead atoms. The number of alkyl halides is 3. The number of fused-ring (bicyclic) bond motifs is 1. The van der Waals surface area contributed by atoms with E-state index >= 15 is 0 Å². The highest BCUT2D eigenvalue weighted by Crippen LogP contribution is 2.29. The van der Waals surface area contributed by atoms with Crippen LogP contribution in [0.4, 0.5) is 24.5 Å². The molecule has 19 heavy (non-hydrogen) atoms. The molecule has 1 heterocycles. The molecule has 2 aromatic rings. The molecule has 1 aromatic heterocycles. The van der Waals surface area contributed by atoms with E-state index < -0.39 is 12.8 Å². The van der Waals surface area contributed by atoms with Gasteiger partial charge in [0.1, 0.15) is 12.1 Å². The number of halogens is 3. The molecule has 1 aromatic carbocycles. The van der Waals surface area contributed by atoms with Gasteiger partial charge in [0.15, 0.2) is 0 Å². The summed E-state index contributed by atoms with van der Waals surface area (Å²) >= 11 is 1.48. The van der Waals surface area contributed by atoms with Crippen molar-refractivity contribution < 1.29 is 17.9 Å². The summed E-state index contributed by atoms with van der Waals surface area (Å²) in [5.74, 6) is 0. The van der Waals surface area contributed by atoms with Gasteiger partial charge in [0.2, 0.25) is 0 Å². The Balaban J connectivity index is 1.86. The standard InChI is InChI=1S/C11H12F3N3OS/c12-11(13,14)5-18-4-3-16-7-1-2-8-10(9(7)15)17-6-19-8/h1-2,6,16H,3-5,15H2. The molecule has 0 unspecified atom stereocenters. The molecule has 4 nitrogen and oxygen atoms in total. The van der Waals surface area contributed by atoms with Crippen molar-refractivity contribution in [3.63, 3.8) is 0 Å². The summed E-state index contributed by atoms with van der Waals surface area (Å²) in [6.45, 7) is -1.04. The van der Waals surface area contributed by atoms with Crippen LogP contribution < -0.4 is 11.1 Å². The minimum Gasteiger partial charge on any atom is -0.395 e. The van der Waals surface area contributed by atoms with E-state index in [0.29, 0.717) is 16.9 Å². The zero-order valence-electron chi connectivity index (χ0n) is 9.83. The molecular formula is C11H12F3N3OS. The van der Waals surface area contributed by atoms with Crippen molar-refractivity contribution in [3.05, 3.63) is 17.6 Å². The van der Waals surface area contributed by atoms with E-state index in [1.165, 1.54) is 11.3 Å². The Kier molecular flexibility index (Phi) is 4.11. The van der Waals surface area contributed by atoms with Crippen molar-refractivity contribution in [2.75, 3.05) is 30.8 Å². The smallest absolute Gasteiger partial charge is 0.395 e. The minimum atomic E-state index is -4.29. The van der Waals surface area contributed by atoms with E-state index in [4.69, 9.17) is 5.73 Å². The van der Waals surface area contributed by atoms with Gasteiger partial charge in [-0.2, -0.15) is 13.2 Å².